The molecule has 0 spiro atoms. The third-order valence-corrected chi connectivity index (χ3v) is 6.19. The number of nitrogens with one attached hydrogen (secondary N) is 1. The summed E-state index contributed by atoms with van der Waals surface area (Å²) in [5, 5.41) is 5.14. The lowest BCUT2D eigenvalue weighted by atomic mass is 10.2. The van der Waals surface area contributed by atoms with Crippen LogP contribution >= 0.6 is 45.8 Å². The van der Waals surface area contributed by atoms with E-state index in [1.54, 1.807) is 49.6 Å². The van der Waals surface area contributed by atoms with E-state index < -0.39 is 5.91 Å². The number of methoxy groups -OCH3 is 2. The average Bonchev–Trinajstić information content (AvgIpc) is 2.87. The molecule has 188 valence electrons. The highest BCUT2D eigenvalue weighted by Gasteiger charge is 2.14. The highest BCUT2D eigenvalue weighted by Crippen LogP contribution is 2.35. The number of carbonyl (C=O) groups excluding carboxylic acids is 1. The first kappa shape index (κ1) is 27.6. The van der Waals surface area contributed by atoms with E-state index in [1.807, 2.05) is 12.1 Å². The quantitative estimate of drug-likeness (QED) is 0.112. The molecule has 3 rings (SSSR count). The second-order valence-electron chi connectivity index (χ2n) is 7.22. The largest absolute Gasteiger partial charge is 0.493 e. The van der Waals surface area contributed by atoms with Gasteiger partial charge in [-0.1, -0.05) is 41.9 Å². The van der Waals surface area contributed by atoms with E-state index in [4.69, 9.17) is 42.1 Å². The van der Waals surface area contributed by atoms with Gasteiger partial charge >= 0.3 is 0 Å². The fourth-order valence-electron chi connectivity index (χ4n) is 3.05. The molecule has 0 bridgehead atoms. The number of carbonyl (C=O) groups is 1. The molecule has 1 amide bonds. The van der Waals surface area contributed by atoms with Crippen LogP contribution in [0.25, 0.3) is 0 Å². The molecule has 0 unspecified atom stereocenters. The van der Waals surface area contributed by atoms with Gasteiger partial charge in [-0.25, -0.2) is 5.43 Å². The molecule has 3 aromatic carbocycles. The Kier molecular flexibility index (Phi) is 10.3. The Morgan fingerprint density at radius 1 is 1.03 bits per heavy atom. The van der Waals surface area contributed by atoms with Gasteiger partial charge in [0.05, 0.1) is 24.0 Å². The zero-order chi connectivity index (χ0) is 26.1. The van der Waals surface area contributed by atoms with Crippen molar-refractivity contribution in [3.05, 3.63) is 91.5 Å². The van der Waals surface area contributed by atoms with E-state index in [-0.39, 0.29) is 6.61 Å². The van der Waals surface area contributed by atoms with Gasteiger partial charge in [0.2, 0.25) is 0 Å². The number of hydrogen-bond donors (Lipinski definition) is 1. The van der Waals surface area contributed by atoms with E-state index >= 15 is 0 Å². The minimum atomic E-state index is -0.402. The molecular weight excluding hydrogens is 618 g/mol. The number of amides is 1. The molecule has 3 aromatic rings. The Morgan fingerprint density at radius 2 is 1.81 bits per heavy atom. The predicted molar refractivity (Wildman–Crippen MR) is 150 cm³/mol. The highest BCUT2D eigenvalue weighted by atomic mass is 127. The Bertz CT molecular complexity index is 1280. The van der Waals surface area contributed by atoms with Crippen molar-refractivity contribution in [2.24, 2.45) is 5.10 Å². The van der Waals surface area contributed by atoms with Crippen molar-refractivity contribution in [2.75, 3.05) is 20.8 Å². The van der Waals surface area contributed by atoms with Gasteiger partial charge in [-0.05, 0) is 70.6 Å². The van der Waals surface area contributed by atoms with Gasteiger partial charge in [0, 0.05) is 21.2 Å². The van der Waals surface area contributed by atoms with Gasteiger partial charge in [0.25, 0.3) is 5.91 Å². The Labute approximate surface area is 233 Å². The summed E-state index contributed by atoms with van der Waals surface area (Å²) in [5.41, 5.74) is 4.38. The van der Waals surface area contributed by atoms with Crippen molar-refractivity contribution in [3.63, 3.8) is 0 Å². The zero-order valence-electron chi connectivity index (χ0n) is 19.5. The minimum Gasteiger partial charge on any atom is -0.493 e. The molecule has 0 aliphatic rings. The lowest BCUT2D eigenvalue weighted by molar-refractivity contribution is 0.0954. The van der Waals surface area contributed by atoms with Crippen LogP contribution in [0, 0.1) is 3.57 Å². The van der Waals surface area contributed by atoms with Gasteiger partial charge in [0.15, 0.2) is 23.0 Å². The van der Waals surface area contributed by atoms with Crippen molar-refractivity contribution >= 4 is 57.9 Å². The normalized spacial score (nSPS) is 10.7. The van der Waals surface area contributed by atoms with Gasteiger partial charge in [0.1, 0.15) is 13.2 Å². The van der Waals surface area contributed by atoms with Crippen molar-refractivity contribution in [2.45, 2.75) is 6.61 Å². The highest BCUT2D eigenvalue weighted by molar-refractivity contribution is 14.1. The monoisotopic (exact) mass is 640 g/mol. The van der Waals surface area contributed by atoms with E-state index in [1.165, 1.54) is 13.3 Å². The number of nitrogens with zero attached hydrogens (tertiary/aromatic N) is 1. The Morgan fingerprint density at radius 3 is 2.50 bits per heavy atom. The van der Waals surface area contributed by atoms with Crippen LogP contribution in [0.5, 0.6) is 23.0 Å². The van der Waals surface area contributed by atoms with Crippen LogP contribution in [-0.2, 0) is 6.61 Å². The first-order chi connectivity index (χ1) is 17.4. The van der Waals surface area contributed by atoms with E-state index in [9.17, 15) is 4.79 Å². The number of hydrazone groups is 1. The van der Waals surface area contributed by atoms with Crippen LogP contribution in [-0.4, -0.2) is 32.9 Å². The summed E-state index contributed by atoms with van der Waals surface area (Å²) < 4.78 is 23.1. The molecular formula is C26H23Cl2IN2O5. The van der Waals surface area contributed by atoms with Crippen LogP contribution in [0.4, 0.5) is 0 Å². The number of ether oxygens (including phenoxy) is 4. The Balaban J connectivity index is 1.69. The molecule has 7 nitrogen and oxygen atoms in total. The fraction of sp³-hybridized carbons (Fsp3) is 0.154. The van der Waals surface area contributed by atoms with Crippen molar-refractivity contribution in [1.29, 1.82) is 0 Å². The van der Waals surface area contributed by atoms with Gasteiger partial charge in [-0.2, -0.15) is 5.10 Å². The molecule has 0 fully saturated rings. The summed E-state index contributed by atoms with van der Waals surface area (Å²) in [4.78, 5) is 12.5. The third kappa shape index (κ3) is 7.28. The second kappa shape index (κ2) is 13.4. The molecule has 0 aliphatic carbocycles. The minimum absolute atomic E-state index is 0.243. The second-order valence-corrected chi connectivity index (χ2v) is 9.23. The average molecular weight is 641 g/mol. The molecule has 0 aromatic heterocycles. The molecule has 1 N–H and O–H groups in total. The molecule has 0 atom stereocenters. The SMILES string of the molecule is C=CCOc1ccc(C(=O)N/N=C/c2cc(I)c(OCc3ccc(Cl)cc3Cl)c(OC)c2)cc1OC. The van der Waals surface area contributed by atoms with Crippen LogP contribution in [0.2, 0.25) is 10.0 Å². The van der Waals surface area contributed by atoms with Crippen molar-refractivity contribution in [3.8, 4) is 23.0 Å². The van der Waals surface area contributed by atoms with Gasteiger partial charge in [-0.15, -0.1) is 0 Å². The number of rotatable bonds is 11. The van der Waals surface area contributed by atoms with Gasteiger partial charge in [-0.3, -0.25) is 4.79 Å². The lowest BCUT2D eigenvalue weighted by Gasteiger charge is -2.14. The first-order valence-corrected chi connectivity index (χ1v) is 12.4. The van der Waals surface area contributed by atoms with E-state index in [0.717, 1.165) is 9.13 Å². The Hall–Kier alpha value is -2.95. The number of hydrogen-bond acceptors (Lipinski definition) is 6. The maximum Gasteiger partial charge on any atom is 0.271 e. The number of halogens is 3. The molecule has 10 heteroatoms. The van der Waals surface area contributed by atoms with E-state index in [2.05, 4.69) is 39.7 Å². The topological polar surface area (TPSA) is 78.4 Å². The van der Waals surface area contributed by atoms with E-state index in [0.29, 0.717) is 50.8 Å². The standard InChI is InChI=1S/C26H23Cl2IN2O5/c1-4-9-35-22-8-6-17(12-23(22)33-2)26(32)31-30-14-16-10-21(29)25(24(11-16)34-3)36-15-18-5-7-19(27)13-20(18)28/h4-8,10-14H,1,9,15H2,2-3H3,(H,31,32)/b30-14+. The smallest absolute Gasteiger partial charge is 0.271 e. The predicted octanol–water partition coefficient (Wildman–Crippen LogP) is 6.52. The maximum absolute atomic E-state index is 12.5. The lowest BCUT2D eigenvalue weighted by Crippen LogP contribution is -2.17. The molecule has 0 heterocycles. The summed E-state index contributed by atoms with van der Waals surface area (Å²) in [6, 6.07) is 13.7. The summed E-state index contributed by atoms with van der Waals surface area (Å²) in [7, 11) is 3.05. The molecule has 0 radical (unpaired) electrons. The first-order valence-electron chi connectivity index (χ1n) is 10.6. The van der Waals surface area contributed by atoms with Crippen LogP contribution in [0.15, 0.2) is 66.3 Å². The molecule has 36 heavy (non-hydrogen) atoms. The number of benzene rings is 3. The van der Waals surface area contributed by atoms with Crippen molar-refractivity contribution < 1.29 is 23.7 Å². The van der Waals surface area contributed by atoms with Gasteiger partial charge < -0.3 is 18.9 Å². The zero-order valence-corrected chi connectivity index (χ0v) is 23.2. The summed E-state index contributed by atoms with van der Waals surface area (Å²) in [6.45, 7) is 4.18. The molecule has 0 saturated carbocycles. The summed E-state index contributed by atoms with van der Waals surface area (Å²) in [6.07, 6.45) is 3.14. The summed E-state index contributed by atoms with van der Waals surface area (Å²) >= 11 is 14.3. The van der Waals surface area contributed by atoms with Crippen LogP contribution in [0.3, 0.4) is 0 Å². The molecule has 0 saturated heterocycles. The van der Waals surface area contributed by atoms with Crippen LogP contribution in [0.1, 0.15) is 21.5 Å². The van der Waals surface area contributed by atoms with Crippen molar-refractivity contribution in [1.82, 2.24) is 5.43 Å². The third-order valence-electron chi connectivity index (χ3n) is 4.80. The molecule has 0 aliphatic heterocycles. The summed E-state index contributed by atoms with van der Waals surface area (Å²) in [5.74, 6) is 1.63. The fourth-order valence-corrected chi connectivity index (χ4v) is 4.29. The maximum atomic E-state index is 12.5. The van der Waals surface area contributed by atoms with Crippen LogP contribution < -0.4 is 24.4 Å².